The van der Waals surface area contributed by atoms with Crippen molar-refractivity contribution in [2.75, 3.05) is 13.2 Å². The number of rotatable bonds is 4. The van der Waals surface area contributed by atoms with Crippen molar-refractivity contribution >= 4 is 5.91 Å². The molecule has 1 amide bonds. The Bertz CT molecular complexity index is 459. The minimum absolute atomic E-state index is 0.159. The molecule has 0 spiro atoms. The van der Waals surface area contributed by atoms with E-state index in [1.54, 1.807) is 0 Å². The highest BCUT2D eigenvalue weighted by Gasteiger charge is 2.26. The van der Waals surface area contributed by atoms with Crippen LogP contribution in [0.2, 0.25) is 0 Å². The van der Waals surface area contributed by atoms with Gasteiger partial charge in [-0.15, -0.1) is 0 Å². The van der Waals surface area contributed by atoms with E-state index in [1.807, 2.05) is 6.92 Å². The maximum atomic E-state index is 13.7. The van der Waals surface area contributed by atoms with Crippen molar-refractivity contribution in [1.82, 2.24) is 5.32 Å². The Hall–Kier alpha value is -1.49. The SMILES string of the molecule is CCC(NC(=O)C1CCOC1)c1cc(F)ccc1F. The van der Waals surface area contributed by atoms with Crippen LogP contribution in [0.25, 0.3) is 0 Å². The summed E-state index contributed by atoms with van der Waals surface area (Å²) in [4.78, 5) is 12.0. The third-order valence-corrected chi connectivity index (χ3v) is 3.36. The van der Waals surface area contributed by atoms with Crippen molar-refractivity contribution in [3.05, 3.63) is 35.4 Å². The maximum absolute atomic E-state index is 13.7. The molecule has 104 valence electrons. The quantitative estimate of drug-likeness (QED) is 0.912. The molecule has 3 nitrogen and oxygen atoms in total. The summed E-state index contributed by atoms with van der Waals surface area (Å²) >= 11 is 0. The van der Waals surface area contributed by atoms with Crippen molar-refractivity contribution in [2.45, 2.75) is 25.8 Å². The lowest BCUT2D eigenvalue weighted by atomic mass is 10.0. The van der Waals surface area contributed by atoms with E-state index in [-0.39, 0.29) is 17.4 Å². The highest BCUT2D eigenvalue weighted by molar-refractivity contribution is 5.79. The summed E-state index contributed by atoms with van der Waals surface area (Å²) < 4.78 is 32.0. The molecular weight excluding hydrogens is 252 g/mol. The lowest BCUT2D eigenvalue weighted by molar-refractivity contribution is -0.125. The summed E-state index contributed by atoms with van der Waals surface area (Å²) in [6, 6.07) is 2.77. The van der Waals surface area contributed by atoms with Crippen molar-refractivity contribution < 1.29 is 18.3 Å². The van der Waals surface area contributed by atoms with Gasteiger partial charge >= 0.3 is 0 Å². The molecule has 0 radical (unpaired) electrons. The van der Waals surface area contributed by atoms with Crippen molar-refractivity contribution in [3.8, 4) is 0 Å². The molecule has 19 heavy (non-hydrogen) atoms. The lowest BCUT2D eigenvalue weighted by Gasteiger charge is -2.20. The van der Waals surface area contributed by atoms with Crippen LogP contribution < -0.4 is 5.32 Å². The summed E-state index contributed by atoms with van der Waals surface area (Å²) in [7, 11) is 0. The third kappa shape index (κ3) is 3.29. The first-order valence-electron chi connectivity index (χ1n) is 6.45. The molecule has 1 fully saturated rings. The van der Waals surface area contributed by atoms with Crippen LogP contribution in [0.3, 0.4) is 0 Å². The smallest absolute Gasteiger partial charge is 0.226 e. The topological polar surface area (TPSA) is 38.3 Å². The van der Waals surface area contributed by atoms with E-state index in [0.29, 0.717) is 26.1 Å². The number of ether oxygens (including phenoxy) is 1. The van der Waals surface area contributed by atoms with Crippen LogP contribution in [0.5, 0.6) is 0 Å². The lowest BCUT2D eigenvalue weighted by Crippen LogP contribution is -2.34. The fraction of sp³-hybridized carbons (Fsp3) is 0.500. The van der Waals surface area contributed by atoms with E-state index in [2.05, 4.69) is 5.32 Å². The van der Waals surface area contributed by atoms with Crippen LogP contribution in [0.15, 0.2) is 18.2 Å². The van der Waals surface area contributed by atoms with Crippen LogP contribution in [-0.4, -0.2) is 19.1 Å². The van der Waals surface area contributed by atoms with Gasteiger partial charge in [0.25, 0.3) is 0 Å². The van der Waals surface area contributed by atoms with Gasteiger partial charge < -0.3 is 10.1 Å². The minimum Gasteiger partial charge on any atom is -0.381 e. The van der Waals surface area contributed by atoms with Crippen molar-refractivity contribution in [2.24, 2.45) is 5.92 Å². The van der Waals surface area contributed by atoms with Crippen LogP contribution in [0, 0.1) is 17.6 Å². The molecule has 1 aliphatic rings. The minimum atomic E-state index is -0.510. The molecule has 2 unspecified atom stereocenters. The fourth-order valence-corrected chi connectivity index (χ4v) is 2.21. The molecule has 1 N–H and O–H groups in total. The first-order chi connectivity index (χ1) is 9.11. The fourth-order valence-electron chi connectivity index (χ4n) is 2.21. The zero-order chi connectivity index (χ0) is 13.8. The molecule has 1 aliphatic heterocycles. The van der Waals surface area contributed by atoms with E-state index >= 15 is 0 Å². The van der Waals surface area contributed by atoms with Crippen molar-refractivity contribution in [1.29, 1.82) is 0 Å². The third-order valence-electron chi connectivity index (χ3n) is 3.36. The molecule has 5 heteroatoms. The monoisotopic (exact) mass is 269 g/mol. The predicted molar refractivity (Wildman–Crippen MR) is 66.5 cm³/mol. The molecule has 0 aliphatic carbocycles. The average Bonchev–Trinajstić information content (AvgIpc) is 2.93. The van der Waals surface area contributed by atoms with Crippen LogP contribution >= 0.6 is 0 Å². The predicted octanol–water partition coefficient (Wildman–Crippen LogP) is 2.57. The standard InChI is InChI=1S/C14H17F2NO2/c1-2-13(11-7-10(15)3-4-12(11)16)17-14(18)9-5-6-19-8-9/h3-4,7,9,13H,2,5-6,8H2,1H3,(H,17,18). The van der Waals surface area contributed by atoms with Gasteiger partial charge in [-0.1, -0.05) is 6.92 Å². The molecule has 1 saturated heterocycles. The molecule has 1 aromatic rings. The van der Waals surface area contributed by atoms with Crippen molar-refractivity contribution in [3.63, 3.8) is 0 Å². The molecule has 0 bridgehead atoms. The van der Waals surface area contributed by atoms with Gasteiger partial charge in [-0.05, 0) is 31.0 Å². The van der Waals surface area contributed by atoms with Crippen LogP contribution in [-0.2, 0) is 9.53 Å². The molecular formula is C14H17F2NO2. The van der Waals surface area contributed by atoms with Gasteiger partial charge in [0, 0.05) is 12.2 Å². The normalized spacial score (nSPS) is 20.3. The van der Waals surface area contributed by atoms with E-state index in [4.69, 9.17) is 4.74 Å². The van der Waals surface area contributed by atoms with Gasteiger partial charge in [0.2, 0.25) is 5.91 Å². The average molecular weight is 269 g/mol. The van der Waals surface area contributed by atoms with Gasteiger partial charge in [0.05, 0.1) is 18.6 Å². The van der Waals surface area contributed by atoms with Gasteiger partial charge in [0.1, 0.15) is 11.6 Å². The van der Waals surface area contributed by atoms with E-state index in [0.717, 1.165) is 18.2 Å². The Morgan fingerprint density at radius 2 is 2.32 bits per heavy atom. The number of carbonyl (C=O) groups excluding carboxylic acids is 1. The number of halogens is 2. The van der Waals surface area contributed by atoms with Gasteiger partial charge in [-0.3, -0.25) is 4.79 Å². The molecule has 2 rings (SSSR count). The number of benzene rings is 1. The Balaban J connectivity index is 2.10. The Morgan fingerprint density at radius 1 is 1.53 bits per heavy atom. The molecule has 1 heterocycles. The Labute approximate surface area is 111 Å². The number of hydrogen-bond donors (Lipinski definition) is 1. The second-order valence-corrected chi connectivity index (χ2v) is 4.70. The first kappa shape index (κ1) is 13.9. The summed E-state index contributed by atoms with van der Waals surface area (Å²) in [5, 5.41) is 2.77. The Kier molecular flexibility index (Phi) is 4.47. The maximum Gasteiger partial charge on any atom is 0.226 e. The molecule has 2 atom stereocenters. The second-order valence-electron chi connectivity index (χ2n) is 4.70. The number of nitrogens with one attached hydrogen (secondary N) is 1. The van der Waals surface area contributed by atoms with E-state index < -0.39 is 17.7 Å². The van der Waals surface area contributed by atoms with Gasteiger partial charge in [0.15, 0.2) is 0 Å². The largest absolute Gasteiger partial charge is 0.381 e. The first-order valence-corrected chi connectivity index (χ1v) is 6.45. The molecule has 0 aromatic heterocycles. The van der Waals surface area contributed by atoms with E-state index in [9.17, 15) is 13.6 Å². The summed E-state index contributed by atoms with van der Waals surface area (Å²) in [6.07, 6.45) is 1.17. The second kappa shape index (κ2) is 6.10. The highest BCUT2D eigenvalue weighted by atomic mass is 19.1. The van der Waals surface area contributed by atoms with Gasteiger partial charge in [-0.25, -0.2) is 8.78 Å². The number of amides is 1. The van der Waals surface area contributed by atoms with Crippen LogP contribution in [0.4, 0.5) is 8.78 Å². The number of carbonyl (C=O) groups is 1. The van der Waals surface area contributed by atoms with Gasteiger partial charge in [-0.2, -0.15) is 0 Å². The highest BCUT2D eigenvalue weighted by Crippen LogP contribution is 2.22. The zero-order valence-corrected chi connectivity index (χ0v) is 10.8. The number of hydrogen-bond acceptors (Lipinski definition) is 2. The van der Waals surface area contributed by atoms with Crippen LogP contribution in [0.1, 0.15) is 31.4 Å². The summed E-state index contributed by atoms with van der Waals surface area (Å²) in [5.41, 5.74) is 0.190. The van der Waals surface area contributed by atoms with E-state index in [1.165, 1.54) is 0 Å². The molecule has 0 saturated carbocycles. The molecule has 1 aromatic carbocycles. The summed E-state index contributed by atoms with van der Waals surface area (Å²) in [5.74, 6) is -1.36. The Morgan fingerprint density at radius 3 is 2.95 bits per heavy atom. The zero-order valence-electron chi connectivity index (χ0n) is 10.8. The summed E-state index contributed by atoms with van der Waals surface area (Å²) in [6.45, 7) is 2.79.